The van der Waals surface area contributed by atoms with Crippen LogP contribution in [0.3, 0.4) is 0 Å². The lowest BCUT2D eigenvalue weighted by atomic mass is 10.2. The predicted octanol–water partition coefficient (Wildman–Crippen LogP) is 0.558. The lowest BCUT2D eigenvalue weighted by molar-refractivity contribution is 0.0691. The maximum Gasteiger partial charge on any atom is 0.274 e. The van der Waals surface area contributed by atoms with Crippen LogP contribution < -0.4 is 4.74 Å². The summed E-state index contributed by atoms with van der Waals surface area (Å²) in [6.07, 6.45) is 5.10. The van der Waals surface area contributed by atoms with Gasteiger partial charge in [0.1, 0.15) is 11.4 Å². The maximum atomic E-state index is 12.9. The first-order chi connectivity index (χ1) is 12.6. The van der Waals surface area contributed by atoms with E-state index in [2.05, 4.69) is 9.97 Å². The molecule has 4 rings (SSSR count). The first-order valence-electron chi connectivity index (χ1n) is 8.37. The van der Waals surface area contributed by atoms with E-state index in [1.165, 1.54) is 22.9 Å². The SMILES string of the molecule is O=C(c1cnccn1)N1CCN(S(=O)(=O)c2ccc3c(c2)CCO3)CC1. The van der Waals surface area contributed by atoms with Crippen molar-refractivity contribution in [1.29, 1.82) is 0 Å². The molecule has 8 nitrogen and oxygen atoms in total. The molecule has 0 radical (unpaired) electrons. The standard InChI is InChI=1S/C17H18N4O4S/c22-17(15-12-18-4-5-19-15)20-6-8-21(9-7-20)26(23,24)14-1-2-16-13(11-14)3-10-25-16/h1-2,4-5,11-12H,3,6-10H2. The van der Waals surface area contributed by atoms with E-state index in [0.29, 0.717) is 19.7 Å². The van der Waals surface area contributed by atoms with Crippen molar-refractivity contribution in [2.45, 2.75) is 11.3 Å². The molecule has 1 saturated heterocycles. The van der Waals surface area contributed by atoms with Crippen LogP contribution in [-0.4, -0.2) is 66.3 Å². The predicted molar refractivity (Wildman–Crippen MR) is 92.3 cm³/mol. The van der Waals surface area contributed by atoms with Gasteiger partial charge in [0.2, 0.25) is 10.0 Å². The van der Waals surface area contributed by atoms with Crippen LogP contribution in [0.1, 0.15) is 16.1 Å². The van der Waals surface area contributed by atoms with E-state index < -0.39 is 10.0 Å². The Morgan fingerprint density at radius 3 is 2.65 bits per heavy atom. The minimum absolute atomic E-state index is 0.232. The number of hydrogen-bond donors (Lipinski definition) is 0. The van der Waals surface area contributed by atoms with Gasteiger partial charge in [0.05, 0.1) is 17.7 Å². The van der Waals surface area contributed by atoms with Crippen molar-refractivity contribution in [2.24, 2.45) is 0 Å². The molecule has 1 aromatic heterocycles. The number of carbonyl (C=O) groups is 1. The summed E-state index contributed by atoms with van der Waals surface area (Å²) in [5.74, 6) is 0.521. The zero-order valence-corrected chi connectivity index (χ0v) is 14.9. The molecule has 0 atom stereocenters. The fourth-order valence-electron chi connectivity index (χ4n) is 3.18. The van der Waals surface area contributed by atoms with Gasteiger partial charge in [-0.2, -0.15) is 4.31 Å². The van der Waals surface area contributed by atoms with Crippen molar-refractivity contribution < 1.29 is 17.9 Å². The van der Waals surface area contributed by atoms with Gasteiger partial charge in [0.25, 0.3) is 5.91 Å². The van der Waals surface area contributed by atoms with Gasteiger partial charge in [-0.3, -0.25) is 9.78 Å². The fraction of sp³-hybridized carbons (Fsp3) is 0.353. The second-order valence-electron chi connectivity index (χ2n) is 6.15. The number of ether oxygens (including phenoxy) is 1. The van der Waals surface area contributed by atoms with Gasteiger partial charge in [-0.15, -0.1) is 0 Å². The molecule has 0 N–H and O–H groups in total. The molecule has 9 heteroatoms. The highest BCUT2D eigenvalue weighted by Gasteiger charge is 2.31. The minimum Gasteiger partial charge on any atom is -0.493 e. The summed E-state index contributed by atoms with van der Waals surface area (Å²) in [5.41, 5.74) is 1.19. The molecule has 1 aromatic carbocycles. The Hall–Kier alpha value is -2.52. The quantitative estimate of drug-likeness (QED) is 0.779. The highest BCUT2D eigenvalue weighted by molar-refractivity contribution is 7.89. The number of piperazine rings is 1. The minimum atomic E-state index is -3.59. The number of nitrogens with zero attached hydrogens (tertiary/aromatic N) is 4. The summed E-state index contributed by atoms with van der Waals surface area (Å²) in [7, 11) is -3.59. The van der Waals surface area contributed by atoms with Crippen molar-refractivity contribution in [2.75, 3.05) is 32.8 Å². The topological polar surface area (TPSA) is 92.7 Å². The fourth-order valence-corrected chi connectivity index (χ4v) is 4.65. The molecule has 2 aromatic rings. The molecule has 1 amide bonds. The molecule has 1 fully saturated rings. The number of amides is 1. The van der Waals surface area contributed by atoms with Gasteiger partial charge in [-0.1, -0.05) is 0 Å². The van der Waals surface area contributed by atoms with Gasteiger partial charge in [0, 0.05) is 45.0 Å². The highest BCUT2D eigenvalue weighted by Crippen LogP contribution is 2.29. The smallest absolute Gasteiger partial charge is 0.274 e. The summed E-state index contributed by atoms with van der Waals surface area (Å²) in [6.45, 7) is 1.73. The molecule has 2 aliphatic heterocycles. The summed E-state index contributed by atoms with van der Waals surface area (Å²) >= 11 is 0. The van der Waals surface area contributed by atoms with Crippen molar-refractivity contribution in [3.63, 3.8) is 0 Å². The highest BCUT2D eigenvalue weighted by atomic mass is 32.2. The molecular weight excluding hydrogens is 356 g/mol. The molecule has 0 spiro atoms. The molecule has 0 saturated carbocycles. The summed E-state index contributed by atoms with van der Waals surface area (Å²) < 4.78 is 32.6. The first-order valence-corrected chi connectivity index (χ1v) is 9.81. The van der Waals surface area contributed by atoms with Gasteiger partial charge in [-0.25, -0.2) is 13.4 Å². The Labute approximate surface area is 151 Å². The average molecular weight is 374 g/mol. The van der Waals surface area contributed by atoms with Crippen LogP contribution in [0.5, 0.6) is 5.75 Å². The van der Waals surface area contributed by atoms with Crippen LogP contribution >= 0.6 is 0 Å². The van der Waals surface area contributed by atoms with Gasteiger partial charge in [-0.05, 0) is 23.8 Å². The van der Waals surface area contributed by atoms with Crippen LogP contribution in [0.15, 0.2) is 41.7 Å². The molecule has 0 aliphatic carbocycles. The van der Waals surface area contributed by atoms with Crippen molar-refractivity contribution in [3.05, 3.63) is 48.0 Å². The Bertz CT molecular complexity index is 925. The van der Waals surface area contributed by atoms with Gasteiger partial charge >= 0.3 is 0 Å². The third-order valence-electron chi connectivity index (χ3n) is 4.61. The number of benzene rings is 1. The number of fused-ring (bicyclic) bond motifs is 1. The number of carbonyl (C=O) groups excluding carboxylic acids is 1. The van der Waals surface area contributed by atoms with Crippen LogP contribution in [0.2, 0.25) is 0 Å². The number of rotatable bonds is 3. The second-order valence-corrected chi connectivity index (χ2v) is 8.09. The normalized spacial score (nSPS) is 17.6. The molecular formula is C17H18N4O4S. The Kier molecular flexibility index (Phi) is 4.33. The molecule has 3 heterocycles. The van der Waals surface area contributed by atoms with Crippen LogP contribution in [0.4, 0.5) is 0 Å². The molecule has 0 unspecified atom stereocenters. The molecule has 2 aliphatic rings. The Balaban J connectivity index is 1.46. The zero-order chi connectivity index (χ0) is 18.1. The molecule has 0 bridgehead atoms. The van der Waals surface area contributed by atoms with Crippen molar-refractivity contribution in [3.8, 4) is 5.75 Å². The Morgan fingerprint density at radius 1 is 1.12 bits per heavy atom. The van der Waals surface area contributed by atoms with Crippen molar-refractivity contribution in [1.82, 2.24) is 19.2 Å². The zero-order valence-electron chi connectivity index (χ0n) is 14.0. The largest absolute Gasteiger partial charge is 0.493 e. The summed E-state index contributed by atoms with van der Waals surface area (Å²) in [4.78, 5) is 22.2. The van der Waals surface area contributed by atoms with Gasteiger partial charge in [0.15, 0.2) is 0 Å². The third kappa shape index (κ3) is 3.04. The number of aromatic nitrogens is 2. The van der Waals surface area contributed by atoms with E-state index >= 15 is 0 Å². The maximum absolute atomic E-state index is 12.9. The van der Waals surface area contributed by atoms with E-state index in [-0.39, 0.29) is 29.6 Å². The summed E-state index contributed by atoms with van der Waals surface area (Å²) in [6, 6.07) is 4.98. The second kappa shape index (κ2) is 6.65. The number of sulfonamides is 1. The van der Waals surface area contributed by atoms with Crippen molar-refractivity contribution >= 4 is 15.9 Å². The Morgan fingerprint density at radius 2 is 1.92 bits per heavy atom. The van der Waals surface area contributed by atoms with E-state index in [1.54, 1.807) is 23.1 Å². The van der Waals surface area contributed by atoms with E-state index in [4.69, 9.17) is 4.74 Å². The van der Waals surface area contributed by atoms with Crippen LogP contribution in [0, 0.1) is 0 Å². The van der Waals surface area contributed by atoms with Gasteiger partial charge < -0.3 is 9.64 Å². The van der Waals surface area contributed by atoms with Crippen LogP contribution in [0.25, 0.3) is 0 Å². The summed E-state index contributed by atoms with van der Waals surface area (Å²) in [5, 5.41) is 0. The van der Waals surface area contributed by atoms with Crippen LogP contribution in [-0.2, 0) is 16.4 Å². The lowest BCUT2D eigenvalue weighted by Gasteiger charge is -2.33. The molecule has 26 heavy (non-hydrogen) atoms. The van der Waals surface area contributed by atoms with E-state index in [1.807, 2.05) is 0 Å². The van der Waals surface area contributed by atoms with E-state index in [0.717, 1.165) is 17.7 Å². The lowest BCUT2D eigenvalue weighted by Crippen LogP contribution is -2.50. The monoisotopic (exact) mass is 374 g/mol. The number of hydrogen-bond acceptors (Lipinski definition) is 6. The average Bonchev–Trinajstić information content (AvgIpc) is 3.16. The third-order valence-corrected chi connectivity index (χ3v) is 6.50. The first kappa shape index (κ1) is 16.9. The van der Waals surface area contributed by atoms with E-state index in [9.17, 15) is 13.2 Å². The molecule has 136 valence electrons.